The molecule has 0 aliphatic rings. The molecule has 7 heteroatoms. The van der Waals surface area contributed by atoms with Crippen LogP contribution in [0.25, 0.3) is 28.1 Å². The Morgan fingerprint density at radius 3 is 2.16 bits per heavy atom. The fourth-order valence-electron chi connectivity index (χ4n) is 5.47. The van der Waals surface area contributed by atoms with E-state index in [0.717, 1.165) is 33.3 Å². The van der Waals surface area contributed by atoms with Gasteiger partial charge in [0.1, 0.15) is 5.82 Å². The normalized spacial score (nSPS) is 13.8. The maximum atomic E-state index is 13.9. The monoisotopic (exact) mass is 626 g/mol. The van der Waals surface area contributed by atoms with E-state index in [-0.39, 0.29) is 47.5 Å². The number of rotatable bonds is 12. The van der Waals surface area contributed by atoms with Crippen LogP contribution in [0.2, 0.25) is 18.1 Å². The van der Waals surface area contributed by atoms with E-state index < -0.39 is 14.4 Å². The molecule has 2 atom stereocenters. The summed E-state index contributed by atoms with van der Waals surface area (Å²) in [7, 11) is -2.29. The van der Waals surface area contributed by atoms with Gasteiger partial charge in [-0.05, 0) is 80.4 Å². The highest BCUT2D eigenvalue weighted by atomic mass is 28.4. The van der Waals surface area contributed by atoms with Crippen LogP contribution in [-0.2, 0) is 14.0 Å². The summed E-state index contributed by atoms with van der Waals surface area (Å²) < 4.78 is 22.8. The number of aromatic nitrogens is 1. The van der Waals surface area contributed by atoms with Gasteiger partial charge in [0, 0.05) is 28.9 Å². The third kappa shape index (κ3) is 8.27. The van der Waals surface area contributed by atoms with Crippen molar-refractivity contribution in [1.82, 2.24) is 9.88 Å². The molecule has 1 amide bonds. The van der Waals surface area contributed by atoms with Crippen molar-refractivity contribution in [2.75, 3.05) is 0 Å². The van der Waals surface area contributed by atoms with E-state index in [1.54, 1.807) is 18.2 Å². The average molecular weight is 627 g/mol. The predicted molar refractivity (Wildman–Crippen MR) is 186 cm³/mol. The number of halogens is 1. The Labute approximate surface area is 268 Å². The van der Waals surface area contributed by atoms with Crippen LogP contribution in [0.3, 0.4) is 0 Å². The quantitative estimate of drug-likeness (QED) is 0.126. The minimum atomic E-state index is -2.29. The fourth-order valence-corrected chi connectivity index (χ4v) is 6.82. The molecule has 0 bridgehead atoms. The number of carbonyl (C=O) groups excluding carboxylic acids is 2. The summed E-state index contributed by atoms with van der Waals surface area (Å²) in [6, 6.07) is 24.4. The third-order valence-corrected chi connectivity index (χ3v) is 13.3. The van der Waals surface area contributed by atoms with Crippen molar-refractivity contribution < 1.29 is 18.4 Å². The molecular formula is C38H47FN2O3Si. The van der Waals surface area contributed by atoms with Crippen LogP contribution in [0.4, 0.5) is 4.39 Å². The second-order valence-electron chi connectivity index (χ2n) is 13.7. The SMILES string of the molecule is CC(C)n1c(C=CC(=O)C[C@H](CC(=O)N[C@@H](C)c2ccccc2)O[Si](C)(C)C(C)(C)C)c(-c2ccc(F)cc2)c2ccccc21. The second kappa shape index (κ2) is 14.1. The Morgan fingerprint density at radius 1 is 0.911 bits per heavy atom. The van der Waals surface area contributed by atoms with Gasteiger partial charge in [-0.1, -0.05) is 81.4 Å². The second-order valence-corrected chi connectivity index (χ2v) is 18.4. The van der Waals surface area contributed by atoms with Crippen molar-refractivity contribution in [3.8, 4) is 11.1 Å². The van der Waals surface area contributed by atoms with Gasteiger partial charge in [-0.25, -0.2) is 4.39 Å². The largest absolute Gasteiger partial charge is 0.413 e. The Balaban J connectivity index is 1.63. The number of nitrogens with zero attached hydrogens (tertiary/aromatic N) is 1. The van der Waals surface area contributed by atoms with E-state index in [9.17, 15) is 14.0 Å². The molecule has 238 valence electrons. The molecule has 45 heavy (non-hydrogen) atoms. The van der Waals surface area contributed by atoms with Gasteiger partial charge >= 0.3 is 0 Å². The molecule has 4 rings (SSSR count). The standard InChI is InChI=1S/C38H47FN2O3Si/c1-26(2)41-34-17-13-12-16-33(34)37(29-18-20-30(39)21-19-29)35(41)23-22-31(42)24-32(44-45(7,8)38(4,5)6)25-36(43)40-27(3)28-14-10-9-11-15-28/h9-23,26-27,32H,24-25H2,1-8H3,(H,40,43)/t27-,32+/m0/s1. The van der Waals surface area contributed by atoms with Crippen LogP contribution in [0.15, 0.2) is 84.9 Å². The molecule has 0 unspecified atom stereocenters. The molecule has 0 radical (unpaired) electrons. The van der Waals surface area contributed by atoms with Gasteiger partial charge < -0.3 is 14.3 Å². The van der Waals surface area contributed by atoms with E-state index in [1.807, 2.05) is 55.5 Å². The van der Waals surface area contributed by atoms with Crippen molar-refractivity contribution in [3.05, 3.63) is 102 Å². The van der Waals surface area contributed by atoms with E-state index in [0.29, 0.717) is 0 Å². The highest BCUT2D eigenvalue weighted by molar-refractivity contribution is 6.74. The van der Waals surface area contributed by atoms with Gasteiger partial charge in [0.25, 0.3) is 0 Å². The molecule has 0 spiro atoms. The van der Waals surface area contributed by atoms with Gasteiger partial charge in [0.2, 0.25) is 5.91 Å². The average Bonchev–Trinajstić information content (AvgIpc) is 3.30. The Kier molecular flexibility index (Phi) is 10.7. The Hall–Kier alpha value is -3.81. The minimum absolute atomic E-state index is 0.0831. The fraction of sp³-hybridized carbons (Fsp3) is 0.368. The maximum Gasteiger partial charge on any atom is 0.223 e. The summed E-state index contributed by atoms with van der Waals surface area (Å²) in [6.07, 6.45) is 3.09. The zero-order valence-corrected chi connectivity index (χ0v) is 28.9. The number of ketones is 1. The first-order valence-corrected chi connectivity index (χ1v) is 18.7. The number of nitrogens with one attached hydrogen (secondary N) is 1. The molecule has 0 saturated heterocycles. The Bertz CT molecular complexity index is 1650. The number of amides is 1. The van der Waals surface area contributed by atoms with E-state index >= 15 is 0 Å². The molecule has 5 nitrogen and oxygen atoms in total. The zero-order valence-electron chi connectivity index (χ0n) is 27.9. The smallest absolute Gasteiger partial charge is 0.223 e. The first kappa shape index (κ1) is 34.1. The first-order valence-electron chi connectivity index (χ1n) is 15.8. The van der Waals surface area contributed by atoms with E-state index in [1.165, 1.54) is 12.1 Å². The minimum Gasteiger partial charge on any atom is -0.413 e. The zero-order chi connectivity index (χ0) is 32.9. The van der Waals surface area contributed by atoms with Crippen molar-refractivity contribution in [3.63, 3.8) is 0 Å². The van der Waals surface area contributed by atoms with Crippen LogP contribution < -0.4 is 5.32 Å². The molecule has 1 N–H and O–H groups in total. The van der Waals surface area contributed by atoms with Crippen molar-refractivity contribution in [2.45, 2.75) is 90.7 Å². The van der Waals surface area contributed by atoms with Crippen molar-refractivity contribution in [1.29, 1.82) is 0 Å². The van der Waals surface area contributed by atoms with E-state index in [4.69, 9.17) is 4.43 Å². The predicted octanol–water partition coefficient (Wildman–Crippen LogP) is 9.66. The van der Waals surface area contributed by atoms with Gasteiger partial charge in [0.15, 0.2) is 14.1 Å². The number of hydrogen-bond acceptors (Lipinski definition) is 3. The lowest BCUT2D eigenvalue weighted by atomic mass is 10.0. The maximum absolute atomic E-state index is 13.9. The molecule has 0 aliphatic heterocycles. The lowest BCUT2D eigenvalue weighted by molar-refractivity contribution is -0.124. The molecular weight excluding hydrogens is 580 g/mol. The molecule has 0 aliphatic carbocycles. The summed E-state index contributed by atoms with van der Waals surface area (Å²) >= 11 is 0. The first-order chi connectivity index (χ1) is 21.2. The highest BCUT2D eigenvalue weighted by Gasteiger charge is 2.40. The summed E-state index contributed by atoms with van der Waals surface area (Å²) in [5.74, 6) is -0.563. The number of para-hydroxylation sites is 1. The van der Waals surface area contributed by atoms with Crippen LogP contribution in [0.5, 0.6) is 0 Å². The van der Waals surface area contributed by atoms with Crippen LogP contribution >= 0.6 is 0 Å². The molecule has 3 aromatic carbocycles. The molecule has 1 heterocycles. The van der Waals surface area contributed by atoms with Gasteiger partial charge in [-0.3, -0.25) is 9.59 Å². The van der Waals surface area contributed by atoms with Crippen LogP contribution in [-0.4, -0.2) is 30.7 Å². The molecule has 0 fully saturated rings. The number of allylic oxidation sites excluding steroid dienone is 1. The lowest BCUT2D eigenvalue weighted by Crippen LogP contribution is -2.45. The summed E-state index contributed by atoms with van der Waals surface area (Å²) in [4.78, 5) is 26.9. The molecule has 1 aromatic heterocycles. The summed E-state index contributed by atoms with van der Waals surface area (Å²) in [6.45, 7) is 16.9. The highest BCUT2D eigenvalue weighted by Crippen LogP contribution is 2.39. The molecule has 0 saturated carbocycles. The van der Waals surface area contributed by atoms with E-state index in [2.05, 4.69) is 69.7 Å². The Morgan fingerprint density at radius 2 is 1.53 bits per heavy atom. The van der Waals surface area contributed by atoms with Gasteiger partial charge in [0.05, 0.1) is 24.3 Å². The van der Waals surface area contributed by atoms with Gasteiger partial charge in [-0.15, -0.1) is 0 Å². The van der Waals surface area contributed by atoms with Gasteiger partial charge in [-0.2, -0.15) is 0 Å². The summed E-state index contributed by atoms with van der Waals surface area (Å²) in [5.41, 5.74) is 4.77. The lowest BCUT2D eigenvalue weighted by Gasteiger charge is -2.39. The number of carbonyl (C=O) groups is 2. The number of hydrogen-bond donors (Lipinski definition) is 1. The van der Waals surface area contributed by atoms with Crippen molar-refractivity contribution >= 4 is 37.0 Å². The number of benzene rings is 3. The van der Waals surface area contributed by atoms with Crippen molar-refractivity contribution in [2.24, 2.45) is 0 Å². The van der Waals surface area contributed by atoms with Crippen LogP contribution in [0.1, 0.15) is 77.7 Å². The third-order valence-electron chi connectivity index (χ3n) is 8.81. The van der Waals surface area contributed by atoms with Crippen LogP contribution in [0, 0.1) is 5.82 Å². The number of fused-ring (bicyclic) bond motifs is 1. The molecule has 4 aromatic rings. The summed E-state index contributed by atoms with van der Waals surface area (Å²) in [5, 5.41) is 4.04. The topological polar surface area (TPSA) is 60.3 Å².